The molecule has 1 fully saturated rings. The predicted molar refractivity (Wildman–Crippen MR) is 45.1 cm³/mol. The molecule has 0 spiro atoms. The molecule has 0 bridgehead atoms. The van der Waals surface area contributed by atoms with Crippen LogP contribution in [0.1, 0.15) is 19.3 Å². The van der Waals surface area contributed by atoms with Gasteiger partial charge >= 0.3 is 5.97 Å². The lowest BCUT2D eigenvalue weighted by Gasteiger charge is -2.36. The van der Waals surface area contributed by atoms with E-state index in [0.29, 0.717) is 0 Å². The lowest BCUT2D eigenvalue weighted by atomic mass is 9.77. The van der Waals surface area contributed by atoms with Crippen LogP contribution in [0.4, 0.5) is 0 Å². The molecule has 1 rings (SSSR count). The lowest BCUT2D eigenvalue weighted by molar-refractivity contribution is -0.148. The van der Waals surface area contributed by atoms with Crippen molar-refractivity contribution in [3.05, 3.63) is 0 Å². The Morgan fingerprint density at radius 1 is 1.55 bits per heavy atom. The summed E-state index contributed by atoms with van der Waals surface area (Å²) in [4.78, 5) is 10.5. The first kappa shape index (κ1) is 10.7. The molecule has 0 aromatic rings. The molecular weight excluding hydrogens is 166 g/mol. The van der Waals surface area contributed by atoms with Gasteiger partial charge in [-0.3, -0.25) is 4.79 Å². The van der Waals surface area contributed by atoms with Gasteiger partial charge in [-0.1, -0.05) is 0 Å². The van der Waals surface area contributed by atoms with Crippen molar-refractivity contribution in [3.8, 4) is 0 Å². The Labute approximate surface area is 71.7 Å². The van der Waals surface area contributed by atoms with Gasteiger partial charge in [0.2, 0.25) is 0 Å². The first-order valence-corrected chi connectivity index (χ1v) is 4.27. The van der Waals surface area contributed by atoms with E-state index in [0.717, 1.165) is 19.3 Å². The van der Waals surface area contributed by atoms with Gasteiger partial charge in [-0.25, -0.2) is 0 Å². The topological polar surface area (TPSA) is 49.3 Å². The zero-order valence-corrected chi connectivity index (χ0v) is 7.61. The van der Waals surface area contributed by atoms with Gasteiger partial charge in [-0.2, -0.15) is 0 Å². The van der Waals surface area contributed by atoms with Crippen LogP contribution in [-0.2, 0) is 4.79 Å². The second kappa shape index (κ2) is 4.57. The summed E-state index contributed by atoms with van der Waals surface area (Å²) < 4.78 is 0. The Hall–Kier alpha value is -0.280. The van der Waals surface area contributed by atoms with Crippen LogP contribution in [0, 0.1) is 0 Å². The maximum atomic E-state index is 10.5. The fourth-order valence-electron chi connectivity index (χ4n) is 1.10. The van der Waals surface area contributed by atoms with Gasteiger partial charge in [-0.15, -0.1) is 11.6 Å². The van der Waals surface area contributed by atoms with Gasteiger partial charge < -0.3 is 10.4 Å². The molecule has 0 aliphatic heterocycles. The van der Waals surface area contributed by atoms with Gasteiger partial charge in [-0.05, 0) is 26.3 Å². The monoisotopic (exact) mass is 179 g/mol. The molecule has 11 heavy (non-hydrogen) atoms. The van der Waals surface area contributed by atoms with E-state index in [2.05, 4.69) is 16.9 Å². The van der Waals surface area contributed by atoms with Crippen LogP contribution in [0.2, 0.25) is 0 Å². The average molecular weight is 180 g/mol. The van der Waals surface area contributed by atoms with E-state index in [1.54, 1.807) is 7.05 Å². The van der Waals surface area contributed by atoms with Crippen LogP contribution in [0.25, 0.3) is 0 Å². The summed E-state index contributed by atoms with van der Waals surface area (Å²) in [7, 11) is 1.70. The Bertz CT molecular complexity index is 129. The number of alkyl halides is 1. The highest BCUT2D eigenvalue weighted by atomic mass is 35.5. The highest BCUT2D eigenvalue weighted by molar-refractivity contribution is 6.15. The van der Waals surface area contributed by atoms with Crippen molar-refractivity contribution >= 4 is 17.6 Å². The van der Waals surface area contributed by atoms with Gasteiger partial charge in [0.05, 0.1) is 0 Å². The molecule has 0 aromatic carbocycles. The highest BCUT2D eigenvalue weighted by Gasteiger charge is 2.42. The van der Waals surface area contributed by atoms with Crippen molar-refractivity contribution in [2.45, 2.75) is 24.8 Å². The molecule has 0 saturated heterocycles. The zero-order chi connectivity index (χ0) is 8.91. The van der Waals surface area contributed by atoms with Crippen molar-refractivity contribution < 1.29 is 9.90 Å². The van der Waals surface area contributed by atoms with E-state index in [1.165, 1.54) is 6.38 Å². The van der Waals surface area contributed by atoms with Crippen LogP contribution in [-0.4, -0.2) is 30.0 Å². The predicted octanol–water partition coefficient (Wildman–Crippen LogP) is 1.07. The Morgan fingerprint density at radius 3 is 2.00 bits per heavy atom. The maximum Gasteiger partial charge on any atom is 0.323 e. The number of hydrogen-bond acceptors (Lipinski definition) is 2. The first-order valence-electron chi connectivity index (χ1n) is 3.51. The summed E-state index contributed by atoms with van der Waals surface area (Å²) in [5.41, 5.74) is -0.569. The SMILES string of the molecule is CCl.CNC1(C(=O)O)CCC1. The zero-order valence-electron chi connectivity index (χ0n) is 6.85. The fraction of sp³-hybridized carbons (Fsp3) is 0.857. The number of nitrogens with one attached hydrogen (secondary N) is 1. The summed E-state index contributed by atoms with van der Waals surface area (Å²) in [5, 5.41) is 11.4. The molecule has 0 amide bonds. The molecule has 3 nitrogen and oxygen atoms in total. The molecule has 4 heteroatoms. The Morgan fingerprint density at radius 2 is 2.00 bits per heavy atom. The quantitative estimate of drug-likeness (QED) is 0.624. The molecule has 1 saturated carbocycles. The fourth-order valence-corrected chi connectivity index (χ4v) is 1.10. The van der Waals surface area contributed by atoms with Crippen LogP contribution >= 0.6 is 11.6 Å². The summed E-state index contributed by atoms with van der Waals surface area (Å²) >= 11 is 4.64. The van der Waals surface area contributed by atoms with E-state index in [9.17, 15) is 4.79 Å². The lowest BCUT2D eigenvalue weighted by Crippen LogP contribution is -2.55. The van der Waals surface area contributed by atoms with Crippen molar-refractivity contribution in [2.75, 3.05) is 13.4 Å². The molecule has 0 radical (unpaired) electrons. The second-order valence-corrected chi connectivity index (χ2v) is 2.49. The highest BCUT2D eigenvalue weighted by Crippen LogP contribution is 2.31. The van der Waals surface area contributed by atoms with E-state index in [-0.39, 0.29) is 0 Å². The van der Waals surface area contributed by atoms with Gasteiger partial charge in [0.1, 0.15) is 5.54 Å². The molecule has 0 atom stereocenters. The molecule has 0 heterocycles. The first-order chi connectivity index (χ1) is 5.21. The summed E-state index contributed by atoms with van der Waals surface area (Å²) in [6.07, 6.45) is 4.06. The van der Waals surface area contributed by atoms with Crippen molar-refractivity contribution in [1.82, 2.24) is 5.32 Å². The largest absolute Gasteiger partial charge is 0.480 e. The van der Waals surface area contributed by atoms with E-state index >= 15 is 0 Å². The van der Waals surface area contributed by atoms with Gasteiger partial charge in [0.15, 0.2) is 0 Å². The summed E-state index contributed by atoms with van der Waals surface area (Å²) in [6.45, 7) is 0. The van der Waals surface area contributed by atoms with Gasteiger partial charge in [0, 0.05) is 6.38 Å². The summed E-state index contributed by atoms with van der Waals surface area (Å²) in [6, 6.07) is 0. The minimum absolute atomic E-state index is 0.569. The third-order valence-corrected chi connectivity index (χ3v) is 2.10. The number of likely N-dealkylation sites (N-methyl/N-ethyl adjacent to an activating group) is 1. The van der Waals surface area contributed by atoms with Crippen molar-refractivity contribution in [2.24, 2.45) is 0 Å². The minimum Gasteiger partial charge on any atom is -0.480 e. The van der Waals surface area contributed by atoms with Crippen molar-refractivity contribution in [1.29, 1.82) is 0 Å². The van der Waals surface area contributed by atoms with Gasteiger partial charge in [0.25, 0.3) is 0 Å². The maximum absolute atomic E-state index is 10.5. The third-order valence-electron chi connectivity index (χ3n) is 2.10. The molecule has 1 aliphatic carbocycles. The molecule has 66 valence electrons. The molecule has 0 unspecified atom stereocenters. The molecule has 2 N–H and O–H groups in total. The van der Waals surface area contributed by atoms with Crippen LogP contribution in [0.3, 0.4) is 0 Å². The Balaban J connectivity index is 0.000000461. The number of aliphatic carboxylic acids is 1. The number of rotatable bonds is 2. The Kier molecular flexibility index (Phi) is 4.45. The number of carboxylic acid groups (broad SMARTS) is 1. The smallest absolute Gasteiger partial charge is 0.323 e. The average Bonchev–Trinajstić information content (AvgIpc) is 1.90. The summed E-state index contributed by atoms with van der Waals surface area (Å²) in [5.74, 6) is -0.712. The number of carbonyl (C=O) groups is 1. The number of hydrogen-bond donors (Lipinski definition) is 2. The van der Waals surface area contributed by atoms with E-state index in [1.807, 2.05) is 0 Å². The minimum atomic E-state index is -0.712. The standard InChI is InChI=1S/C6H11NO2.CH3Cl/c1-7-6(5(8)9)3-2-4-6;1-2/h7H,2-4H2,1H3,(H,8,9);1H3. The second-order valence-electron chi connectivity index (χ2n) is 2.49. The molecule has 1 aliphatic rings. The normalized spacial score (nSPS) is 19.2. The number of carboxylic acids is 1. The molecule has 0 aromatic heterocycles. The number of halogens is 1. The molecular formula is C7H14ClNO2. The van der Waals surface area contributed by atoms with Crippen LogP contribution in [0.5, 0.6) is 0 Å². The van der Waals surface area contributed by atoms with Crippen LogP contribution in [0.15, 0.2) is 0 Å². The third kappa shape index (κ3) is 2.07. The van der Waals surface area contributed by atoms with E-state index in [4.69, 9.17) is 5.11 Å². The van der Waals surface area contributed by atoms with Crippen molar-refractivity contribution in [3.63, 3.8) is 0 Å². The van der Waals surface area contributed by atoms with Crippen LogP contribution < -0.4 is 5.32 Å². The van der Waals surface area contributed by atoms with E-state index < -0.39 is 11.5 Å².